The second-order valence-corrected chi connectivity index (χ2v) is 9.67. The summed E-state index contributed by atoms with van der Waals surface area (Å²) < 4.78 is 4.50. The lowest BCUT2D eigenvalue weighted by molar-refractivity contribution is -0.750. The SMILES string of the molecule is NC(=O)OC(=O)C1CCC(C2=C3C=NC=C[N+]3(N)C(c3ccc4ncc(-c5ccccc5)nc4c3)=N2)CC1. The summed E-state index contributed by atoms with van der Waals surface area (Å²) in [6.07, 6.45) is 8.50. The summed E-state index contributed by atoms with van der Waals surface area (Å²) in [5.74, 6) is 6.77. The quantitative estimate of drug-likeness (QED) is 0.236. The summed E-state index contributed by atoms with van der Waals surface area (Å²) in [6.45, 7) is 0. The van der Waals surface area contributed by atoms with Gasteiger partial charge in [0.1, 0.15) is 11.9 Å². The van der Waals surface area contributed by atoms with Crippen molar-refractivity contribution >= 4 is 35.1 Å². The molecule has 1 aromatic heterocycles. The van der Waals surface area contributed by atoms with Crippen molar-refractivity contribution < 1.29 is 18.9 Å². The maximum Gasteiger partial charge on any atom is 0.412 e. The molecule has 3 aromatic rings. The smallest absolute Gasteiger partial charge is 0.376 e. The number of hydrogen-bond donors (Lipinski definition) is 2. The Morgan fingerprint density at radius 3 is 2.53 bits per heavy atom. The Bertz CT molecular complexity index is 1570. The van der Waals surface area contributed by atoms with Gasteiger partial charge < -0.3 is 10.5 Å². The number of quaternary nitrogens is 1. The van der Waals surface area contributed by atoms with Crippen LogP contribution >= 0.6 is 0 Å². The van der Waals surface area contributed by atoms with Crippen molar-refractivity contribution in [1.82, 2.24) is 9.97 Å². The van der Waals surface area contributed by atoms with Crippen LogP contribution in [0.3, 0.4) is 0 Å². The van der Waals surface area contributed by atoms with E-state index in [-0.39, 0.29) is 16.4 Å². The number of esters is 1. The number of aromatic nitrogens is 2. The van der Waals surface area contributed by atoms with Gasteiger partial charge in [-0.3, -0.25) is 14.8 Å². The molecule has 0 bridgehead atoms. The first-order chi connectivity index (χ1) is 18.4. The van der Waals surface area contributed by atoms with Gasteiger partial charge in [0.05, 0.1) is 46.8 Å². The molecule has 1 unspecified atom stereocenters. The van der Waals surface area contributed by atoms with Crippen LogP contribution in [0.1, 0.15) is 31.2 Å². The number of aliphatic imine (C=N–C) groups is 2. The van der Waals surface area contributed by atoms with E-state index >= 15 is 0 Å². The molecule has 3 aliphatic rings. The Hall–Kier alpha value is -4.54. The van der Waals surface area contributed by atoms with Crippen LogP contribution in [0.2, 0.25) is 0 Å². The molecule has 190 valence electrons. The second-order valence-electron chi connectivity index (χ2n) is 9.67. The van der Waals surface area contributed by atoms with Crippen LogP contribution < -0.4 is 11.6 Å². The van der Waals surface area contributed by atoms with E-state index in [4.69, 9.17) is 21.6 Å². The van der Waals surface area contributed by atoms with Crippen LogP contribution in [0.5, 0.6) is 0 Å². The molecule has 6 rings (SSSR count). The summed E-state index contributed by atoms with van der Waals surface area (Å²) >= 11 is 0. The van der Waals surface area contributed by atoms with E-state index in [1.807, 2.05) is 54.7 Å². The molecule has 0 saturated heterocycles. The maximum absolute atomic E-state index is 12.1. The first-order valence-corrected chi connectivity index (χ1v) is 12.5. The highest BCUT2D eigenvalue weighted by atomic mass is 16.6. The van der Waals surface area contributed by atoms with Gasteiger partial charge in [0.15, 0.2) is 0 Å². The molecule has 0 radical (unpaired) electrons. The number of benzene rings is 2. The first-order valence-electron chi connectivity index (χ1n) is 12.5. The van der Waals surface area contributed by atoms with E-state index < -0.39 is 12.1 Å². The van der Waals surface area contributed by atoms with Crippen LogP contribution in [0.4, 0.5) is 4.79 Å². The fourth-order valence-corrected chi connectivity index (χ4v) is 5.39. The molecule has 2 aromatic carbocycles. The summed E-state index contributed by atoms with van der Waals surface area (Å²) in [6, 6.07) is 15.8. The number of ether oxygens (including phenoxy) is 1. The molecule has 2 aliphatic heterocycles. The molecule has 4 N–H and O–H groups in total. The molecular weight excluding hydrogens is 482 g/mol. The van der Waals surface area contributed by atoms with Gasteiger partial charge >= 0.3 is 12.1 Å². The largest absolute Gasteiger partial charge is 0.412 e. The van der Waals surface area contributed by atoms with E-state index in [0.29, 0.717) is 31.5 Å². The van der Waals surface area contributed by atoms with Gasteiger partial charge in [0.2, 0.25) is 5.70 Å². The zero-order chi connectivity index (χ0) is 26.3. The minimum Gasteiger partial charge on any atom is -0.376 e. The molecule has 1 amide bonds. The fraction of sp³-hybridized carbons (Fsp3) is 0.214. The molecule has 38 heavy (non-hydrogen) atoms. The normalized spacial score (nSPS) is 24.3. The third kappa shape index (κ3) is 4.19. The van der Waals surface area contributed by atoms with Crippen molar-refractivity contribution in [1.29, 1.82) is 0 Å². The highest BCUT2D eigenvalue weighted by Crippen LogP contribution is 2.41. The van der Waals surface area contributed by atoms with E-state index in [1.165, 1.54) is 0 Å². The van der Waals surface area contributed by atoms with Crippen LogP contribution in [-0.2, 0) is 9.53 Å². The lowest BCUT2D eigenvalue weighted by atomic mass is 9.80. The van der Waals surface area contributed by atoms with Crippen LogP contribution in [0.15, 0.2) is 88.5 Å². The number of rotatable bonds is 4. The molecule has 10 nitrogen and oxygen atoms in total. The van der Waals surface area contributed by atoms with Gasteiger partial charge in [-0.1, -0.05) is 30.3 Å². The minimum atomic E-state index is -1.07. The number of carbonyl (C=O) groups is 2. The van der Waals surface area contributed by atoms with Gasteiger partial charge in [-0.05, 0) is 43.9 Å². The number of carbonyl (C=O) groups excluding carboxylic acids is 2. The van der Waals surface area contributed by atoms with Gasteiger partial charge in [0, 0.05) is 11.5 Å². The number of fused-ring (bicyclic) bond motifs is 2. The summed E-state index contributed by atoms with van der Waals surface area (Å²) in [4.78, 5) is 42.0. The van der Waals surface area contributed by atoms with Crippen molar-refractivity contribution in [2.45, 2.75) is 25.7 Å². The summed E-state index contributed by atoms with van der Waals surface area (Å²) in [5, 5.41) is 0. The van der Waals surface area contributed by atoms with Crippen molar-refractivity contribution in [3.8, 4) is 11.3 Å². The average Bonchev–Trinajstić information content (AvgIpc) is 3.25. The summed E-state index contributed by atoms with van der Waals surface area (Å²) in [5.41, 5.74) is 10.8. The molecule has 1 atom stereocenters. The van der Waals surface area contributed by atoms with Crippen molar-refractivity contribution in [3.63, 3.8) is 0 Å². The fourth-order valence-electron chi connectivity index (χ4n) is 5.39. The number of nitrogens with zero attached hydrogens (tertiary/aromatic N) is 5. The van der Waals surface area contributed by atoms with Gasteiger partial charge in [-0.2, -0.15) is 10.8 Å². The topological polar surface area (TPSA) is 146 Å². The summed E-state index contributed by atoms with van der Waals surface area (Å²) in [7, 11) is 0. The molecule has 10 heteroatoms. The highest BCUT2D eigenvalue weighted by Gasteiger charge is 2.46. The van der Waals surface area contributed by atoms with Crippen molar-refractivity contribution in [2.75, 3.05) is 0 Å². The van der Waals surface area contributed by atoms with Gasteiger partial charge in [-0.25, -0.2) is 9.78 Å². The maximum atomic E-state index is 12.1. The van der Waals surface area contributed by atoms with E-state index in [2.05, 4.69) is 14.7 Å². The van der Waals surface area contributed by atoms with E-state index in [0.717, 1.165) is 39.2 Å². The second kappa shape index (κ2) is 9.40. The zero-order valence-electron chi connectivity index (χ0n) is 20.5. The number of primary amides is 1. The predicted molar refractivity (Wildman–Crippen MR) is 142 cm³/mol. The van der Waals surface area contributed by atoms with Crippen LogP contribution in [0, 0.1) is 11.8 Å². The van der Waals surface area contributed by atoms with Crippen molar-refractivity contribution in [3.05, 3.63) is 84.1 Å². The third-order valence-corrected chi connectivity index (χ3v) is 7.34. The molecule has 1 aliphatic carbocycles. The van der Waals surface area contributed by atoms with Gasteiger partial charge in [-0.15, -0.1) is 4.59 Å². The molecule has 0 spiro atoms. The minimum absolute atomic E-state index is 0.0871. The zero-order valence-corrected chi connectivity index (χ0v) is 20.5. The Kier molecular flexibility index (Phi) is 5.90. The number of amides is 1. The number of hydrogen-bond acceptors (Lipinski definition) is 8. The first kappa shape index (κ1) is 23.8. The Morgan fingerprint density at radius 2 is 1.76 bits per heavy atom. The Balaban J connectivity index is 1.32. The van der Waals surface area contributed by atoms with Gasteiger partial charge in [0.25, 0.3) is 5.84 Å². The number of allylic oxidation sites excluding steroid dienone is 2. The lowest BCUT2D eigenvalue weighted by Crippen LogP contribution is -2.53. The average molecular weight is 509 g/mol. The van der Waals surface area contributed by atoms with E-state index in [1.54, 1.807) is 18.6 Å². The van der Waals surface area contributed by atoms with Crippen molar-refractivity contribution in [2.24, 2.45) is 33.4 Å². The molecule has 1 fully saturated rings. The number of amidine groups is 1. The Morgan fingerprint density at radius 1 is 0.974 bits per heavy atom. The molecular formula is C28H26N7O3+. The third-order valence-electron chi connectivity index (χ3n) is 7.34. The van der Waals surface area contributed by atoms with Crippen LogP contribution in [0.25, 0.3) is 22.3 Å². The monoisotopic (exact) mass is 508 g/mol. The standard InChI is InChI=1S/C28H25N7O3/c29-28(37)38-27(36)19-8-6-18(7-9-19)25-24-16-31-12-13-35(24,30)26(34-25)20-10-11-21-22(14-20)33-23(15-32-21)17-4-2-1-3-5-17/h1-5,10-16,18-19H,6-9,30H2,(H-,29,37)/p+1. The Labute approximate surface area is 218 Å². The van der Waals surface area contributed by atoms with Crippen LogP contribution in [-0.4, -0.2) is 38.7 Å². The van der Waals surface area contributed by atoms with E-state index in [9.17, 15) is 9.59 Å². The molecule has 1 saturated carbocycles. The highest BCUT2D eigenvalue weighted by molar-refractivity contribution is 6.02. The predicted octanol–water partition coefficient (Wildman–Crippen LogP) is 3.94. The molecule has 3 heterocycles. The number of nitrogens with two attached hydrogens (primary N) is 2. The lowest BCUT2D eigenvalue weighted by Gasteiger charge is -2.28.